The molecule has 0 N–H and O–H groups in total. The summed E-state index contributed by atoms with van der Waals surface area (Å²) in [5.74, 6) is 0.0552. The van der Waals surface area contributed by atoms with Gasteiger partial charge in [-0.3, -0.25) is 14.9 Å². The third-order valence-electron chi connectivity index (χ3n) is 5.69. The third kappa shape index (κ3) is 5.69. The van der Waals surface area contributed by atoms with Gasteiger partial charge in [-0.25, -0.2) is 0 Å². The highest BCUT2D eigenvalue weighted by Crippen LogP contribution is 2.37. The Labute approximate surface area is 168 Å². The number of hydrogen-bond donors (Lipinski definition) is 0. The fraction of sp³-hybridized carbons (Fsp3) is 0.682. The molecule has 1 unspecified atom stereocenters. The Bertz CT molecular complexity index is 669. The zero-order valence-electron chi connectivity index (χ0n) is 17.6. The van der Waals surface area contributed by atoms with Gasteiger partial charge >= 0.3 is 5.97 Å². The van der Waals surface area contributed by atoms with Gasteiger partial charge in [0.25, 0.3) is 5.69 Å². The van der Waals surface area contributed by atoms with Crippen LogP contribution < -0.4 is 4.90 Å². The van der Waals surface area contributed by atoms with E-state index in [1.54, 1.807) is 6.07 Å². The predicted octanol–water partition coefficient (Wildman–Crippen LogP) is 5.45. The first-order valence-corrected chi connectivity index (χ1v) is 10.5. The Morgan fingerprint density at radius 1 is 1.29 bits per heavy atom. The second-order valence-electron chi connectivity index (χ2n) is 8.23. The number of carbonyl (C=O) groups is 1. The molecule has 0 saturated heterocycles. The van der Waals surface area contributed by atoms with Crippen molar-refractivity contribution in [2.75, 3.05) is 18.6 Å². The van der Waals surface area contributed by atoms with Gasteiger partial charge < -0.3 is 9.64 Å². The van der Waals surface area contributed by atoms with E-state index in [0.29, 0.717) is 17.6 Å². The van der Waals surface area contributed by atoms with Crippen molar-refractivity contribution in [2.45, 2.75) is 77.7 Å². The van der Waals surface area contributed by atoms with Gasteiger partial charge in [-0.05, 0) is 42.7 Å². The van der Waals surface area contributed by atoms with Gasteiger partial charge in [0.05, 0.1) is 18.5 Å². The molecule has 1 aromatic carbocycles. The van der Waals surface area contributed by atoms with Crippen LogP contribution in [0.2, 0.25) is 0 Å². The second kappa shape index (κ2) is 10.4. The molecule has 6 heteroatoms. The number of nitrogens with zero attached hydrogens (tertiary/aromatic N) is 2. The number of nitro groups is 1. The van der Waals surface area contributed by atoms with Crippen LogP contribution >= 0.6 is 0 Å². The van der Waals surface area contributed by atoms with E-state index in [-0.39, 0.29) is 28.9 Å². The van der Waals surface area contributed by atoms with Crippen LogP contribution in [0.5, 0.6) is 0 Å². The minimum Gasteiger partial charge on any atom is -0.469 e. The van der Waals surface area contributed by atoms with Crippen molar-refractivity contribution in [3.8, 4) is 0 Å². The molecule has 2 rings (SSSR count). The number of methoxy groups -OCH3 is 1. The van der Waals surface area contributed by atoms with Crippen LogP contribution in [-0.4, -0.2) is 30.6 Å². The number of nitro benzene ring substituents is 1. The van der Waals surface area contributed by atoms with Crippen molar-refractivity contribution in [3.05, 3.63) is 33.9 Å². The minimum atomic E-state index is -0.290. The van der Waals surface area contributed by atoms with Crippen molar-refractivity contribution >= 4 is 17.3 Å². The van der Waals surface area contributed by atoms with E-state index < -0.39 is 0 Å². The van der Waals surface area contributed by atoms with Gasteiger partial charge in [0.2, 0.25) is 0 Å². The molecular formula is C22H34N2O4. The summed E-state index contributed by atoms with van der Waals surface area (Å²) in [6, 6.07) is 5.88. The van der Waals surface area contributed by atoms with E-state index >= 15 is 0 Å². The Balaban J connectivity index is 2.40. The normalized spacial score (nSPS) is 16.0. The van der Waals surface area contributed by atoms with Gasteiger partial charge in [0.1, 0.15) is 5.69 Å². The standard InChI is InChI=1S/C22H34N2O4/c1-5-17(14-22(25)28-4)18-11-12-20(21(13-18)24(26)27)23(15-16(2)3)19-9-7-6-8-10-19/h11-13,16-17,19H,5-10,14-15H2,1-4H3. The second-order valence-corrected chi connectivity index (χ2v) is 8.23. The molecule has 0 heterocycles. The fourth-order valence-corrected chi connectivity index (χ4v) is 4.20. The smallest absolute Gasteiger partial charge is 0.306 e. The zero-order chi connectivity index (χ0) is 20.7. The lowest BCUT2D eigenvalue weighted by molar-refractivity contribution is -0.384. The van der Waals surface area contributed by atoms with E-state index in [1.165, 1.54) is 26.4 Å². The van der Waals surface area contributed by atoms with Crippen LogP contribution in [0.25, 0.3) is 0 Å². The molecule has 1 fully saturated rings. The lowest BCUT2D eigenvalue weighted by Crippen LogP contribution is -2.39. The van der Waals surface area contributed by atoms with Crippen LogP contribution in [0.3, 0.4) is 0 Å². The van der Waals surface area contributed by atoms with Crippen LogP contribution in [-0.2, 0) is 9.53 Å². The van der Waals surface area contributed by atoms with Gasteiger partial charge in [-0.1, -0.05) is 46.1 Å². The molecule has 0 radical (unpaired) electrons. The number of ether oxygens (including phenoxy) is 1. The Morgan fingerprint density at radius 2 is 1.96 bits per heavy atom. The van der Waals surface area contributed by atoms with E-state index in [2.05, 4.69) is 18.7 Å². The molecule has 1 aliphatic rings. The first kappa shape index (κ1) is 22.2. The quantitative estimate of drug-likeness (QED) is 0.319. The summed E-state index contributed by atoms with van der Waals surface area (Å²) in [6.07, 6.45) is 6.76. The van der Waals surface area contributed by atoms with E-state index in [4.69, 9.17) is 4.74 Å². The summed E-state index contributed by atoms with van der Waals surface area (Å²) >= 11 is 0. The SMILES string of the molecule is CCC(CC(=O)OC)c1ccc(N(CC(C)C)C2CCCCC2)c([N+](=O)[O-])c1. The van der Waals surface area contributed by atoms with Crippen molar-refractivity contribution in [1.82, 2.24) is 0 Å². The highest BCUT2D eigenvalue weighted by Gasteiger charge is 2.29. The molecule has 1 aliphatic carbocycles. The number of benzene rings is 1. The highest BCUT2D eigenvalue weighted by atomic mass is 16.6. The number of hydrogen-bond acceptors (Lipinski definition) is 5. The average Bonchev–Trinajstić information content (AvgIpc) is 2.70. The largest absolute Gasteiger partial charge is 0.469 e. The molecule has 1 saturated carbocycles. The molecule has 0 bridgehead atoms. The van der Waals surface area contributed by atoms with Gasteiger partial charge in [-0.15, -0.1) is 0 Å². The lowest BCUT2D eigenvalue weighted by Gasteiger charge is -2.37. The summed E-state index contributed by atoms with van der Waals surface area (Å²) < 4.78 is 4.79. The number of carbonyl (C=O) groups excluding carboxylic acids is 1. The van der Waals surface area contributed by atoms with Gasteiger partial charge in [0.15, 0.2) is 0 Å². The number of rotatable bonds is 9. The fourth-order valence-electron chi connectivity index (χ4n) is 4.20. The summed E-state index contributed by atoms with van der Waals surface area (Å²) in [7, 11) is 1.37. The lowest BCUT2D eigenvalue weighted by atomic mass is 9.91. The minimum absolute atomic E-state index is 0.0755. The Morgan fingerprint density at radius 3 is 2.50 bits per heavy atom. The molecule has 28 heavy (non-hydrogen) atoms. The van der Waals surface area contributed by atoms with Crippen LogP contribution in [0.1, 0.15) is 77.2 Å². The molecule has 1 aromatic rings. The first-order chi connectivity index (χ1) is 13.4. The molecule has 0 spiro atoms. The molecule has 156 valence electrons. The van der Waals surface area contributed by atoms with Crippen LogP contribution in [0.15, 0.2) is 18.2 Å². The Kier molecular flexibility index (Phi) is 8.27. The monoisotopic (exact) mass is 390 g/mol. The summed E-state index contributed by atoms with van der Waals surface area (Å²) in [4.78, 5) is 25.6. The molecule has 0 aliphatic heterocycles. The van der Waals surface area contributed by atoms with E-state index in [9.17, 15) is 14.9 Å². The first-order valence-electron chi connectivity index (χ1n) is 10.5. The van der Waals surface area contributed by atoms with Crippen LogP contribution in [0, 0.1) is 16.0 Å². The average molecular weight is 391 g/mol. The molecule has 6 nitrogen and oxygen atoms in total. The maximum absolute atomic E-state index is 11.9. The molecule has 0 aromatic heterocycles. The van der Waals surface area contributed by atoms with Crippen LogP contribution in [0.4, 0.5) is 11.4 Å². The van der Waals surface area contributed by atoms with Crippen molar-refractivity contribution in [3.63, 3.8) is 0 Å². The molecular weight excluding hydrogens is 356 g/mol. The number of anilines is 1. The van der Waals surface area contributed by atoms with E-state index in [0.717, 1.165) is 31.4 Å². The van der Waals surface area contributed by atoms with Gasteiger partial charge in [0, 0.05) is 18.7 Å². The maximum atomic E-state index is 11.9. The summed E-state index contributed by atoms with van der Waals surface area (Å²) in [5.41, 5.74) is 1.69. The summed E-state index contributed by atoms with van der Waals surface area (Å²) in [6.45, 7) is 7.10. The van der Waals surface area contributed by atoms with Crippen molar-refractivity contribution in [2.24, 2.45) is 5.92 Å². The number of esters is 1. The van der Waals surface area contributed by atoms with Crippen molar-refractivity contribution in [1.29, 1.82) is 0 Å². The zero-order valence-corrected chi connectivity index (χ0v) is 17.6. The molecule has 0 amide bonds. The van der Waals surface area contributed by atoms with Crippen molar-refractivity contribution < 1.29 is 14.5 Å². The highest BCUT2D eigenvalue weighted by molar-refractivity contribution is 5.71. The third-order valence-corrected chi connectivity index (χ3v) is 5.69. The predicted molar refractivity (Wildman–Crippen MR) is 112 cm³/mol. The molecule has 1 atom stereocenters. The summed E-state index contributed by atoms with van der Waals surface area (Å²) in [5, 5.41) is 11.9. The van der Waals surface area contributed by atoms with Gasteiger partial charge in [-0.2, -0.15) is 0 Å². The van der Waals surface area contributed by atoms with E-state index in [1.807, 2.05) is 19.1 Å². The Hall–Kier alpha value is -2.11. The maximum Gasteiger partial charge on any atom is 0.306 e. The topological polar surface area (TPSA) is 72.7 Å².